The number of benzene rings is 2. The molecule has 0 radical (unpaired) electrons. The molecule has 0 heterocycles. The van der Waals surface area contributed by atoms with Crippen molar-refractivity contribution in [3.63, 3.8) is 0 Å². The smallest absolute Gasteiger partial charge is 0.265 e. The van der Waals surface area contributed by atoms with Crippen LogP contribution in [0.4, 0.5) is 5.69 Å². The highest BCUT2D eigenvalue weighted by molar-refractivity contribution is 7.93. The summed E-state index contributed by atoms with van der Waals surface area (Å²) in [5, 5.41) is 0.428. The topological polar surface area (TPSA) is 46.6 Å². The van der Waals surface area contributed by atoms with E-state index in [2.05, 4.69) is 0 Å². The molecular formula is C15H15Cl2NO3S. The third-order valence-corrected chi connectivity index (χ3v) is 5.71. The lowest BCUT2D eigenvalue weighted by molar-refractivity contribution is 0.415. The second kappa shape index (κ2) is 6.77. The van der Waals surface area contributed by atoms with Gasteiger partial charge in [0.1, 0.15) is 10.6 Å². The number of ether oxygens (including phenoxy) is 1. The maximum absolute atomic E-state index is 12.9. The monoisotopic (exact) mass is 359 g/mol. The molecule has 4 nitrogen and oxygen atoms in total. The lowest BCUT2D eigenvalue weighted by atomic mass is 10.3. The SMILES string of the molecule is CCN(c1ccccc1OC)S(=O)(=O)c1cc(Cl)ccc1Cl. The molecule has 0 N–H and O–H groups in total. The zero-order chi connectivity index (χ0) is 16.3. The Labute approximate surface area is 140 Å². The molecule has 0 saturated carbocycles. The van der Waals surface area contributed by atoms with Crippen molar-refractivity contribution in [3.8, 4) is 5.75 Å². The standard InChI is InChI=1S/C15H15Cl2NO3S/c1-3-18(13-6-4-5-7-14(13)21-2)22(19,20)15-10-11(16)8-9-12(15)17/h4-10H,3H2,1-2H3. The number of halogens is 2. The zero-order valence-corrected chi connectivity index (χ0v) is 14.4. The van der Waals surface area contributed by atoms with Gasteiger partial charge in [-0.3, -0.25) is 4.31 Å². The molecule has 0 unspecified atom stereocenters. The predicted octanol–water partition coefficient (Wildman–Crippen LogP) is 4.22. The highest BCUT2D eigenvalue weighted by Crippen LogP contribution is 2.34. The fraction of sp³-hybridized carbons (Fsp3) is 0.200. The Bertz CT molecular complexity index is 778. The summed E-state index contributed by atoms with van der Waals surface area (Å²) in [6, 6.07) is 11.3. The summed E-state index contributed by atoms with van der Waals surface area (Å²) in [7, 11) is -2.36. The van der Waals surface area contributed by atoms with Gasteiger partial charge in [-0.2, -0.15) is 0 Å². The van der Waals surface area contributed by atoms with E-state index in [0.717, 1.165) is 0 Å². The Morgan fingerprint density at radius 3 is 2.45 bits per heavy atom. The van der Waals surface area contributed by atoms with Crippen LogP contribution in [0, 0.1) is 0 Å². The minimum absolute atomic E-state index is 0.0329. The van der Waals surface area contributed by atoms with Gasteiger partial charge >= 0.3 is 0 Å². The molecule has 0 spiro atoms. The third-order valence-electron chi connectivity index (χ3n) is 3.10. The lowest BCUT2D eigenvalue weighted by Crippen LogP contribution is -2.31. The number of rotatable bonds is 5. The average Bonchev–Trinajstić information content (AvgIpc) is 2.50. The van der Waals surface area contributed by atoms with Crippen LogP contribution in [0.15, 0.2) is 47.4 Å². The molecule has 0 fully saturated rings. The molecular weight excluding hydrogens is 345 g/mol. The van der Waals surface area contributed by atoms with Crippen molar-refractivity contribution >= 4 is 38.9 Å². The third kappa shape index (κ3) is 3.16. The second-order valence-electron chi connectivity index (χ2n) is 4.42. The Balaban J connectivity index is 2.61. The van der Waals surface area contributed by atoms with Gasteiger partial charge in [0.15, 0.2) is 0 Å². The van der Waals surface area contributed by atoms with Gasteiger partial charge in [0.25, 0.3) is 10.0 Å². The van der Waals surface area contributed by atoms with E-state index >= 15 is 0 Å². The molecule has 2 aromatic carbocycles. The Morgan fingerprint density at radius 2 is 1.82 bits per heavy atom. The van der Waals surface area contributed by atoms with Crippen LogP contribution in [-0.4, -0.2) is 22.1 Å². The summed E-state index contributed by atoms with van der Waals surface area (Å²) in [6.07, 6.45) is 0. The number of anilines is 1. The molecule has 7 heteroatoms. The van der Waals surface area contributed by atoms with Gasteiger partial charge in [-0.1, -0.05) is 35.3 Å². The Morgan fingerprint density at radius 1 is 1.14 bits per heavy atom. The summed E-state index contributed by atoms with van der Waals surface area (Å²) in [6.45, 7) is 1.97. The molecule has 0 bridgehead atoms. The number of sulfonamides is 1. The van der Waals surface area contributed by atoms with Crippen LogP contribution in [0.3, 0.4) is 0 Å². The average molecular weight is 360 g/mol. The lowest BCUT2D eigenvalue weighted by Gasteiger charge is -2.25. The number of hydrogen-bond acceptors (Lipinski definition) is 3. The minimum Gasteiger partial charge on any atom is -0.495 e. The van der Waals surface area contributed by atoms with Crippen LogP contribution in [0.5, 0.6) is 5.75 Å². The van der Waals surface area contributed by atoms with E-state index in [9.17, 15) is 8.42 Å². The fourth-order valence-electron chi connectivity index (χ4n) is 2.10. The molecule has 22 heavy (non-hydrogen) atoms. The van der Waals surface area contributed by atoms with Gasteiger partial charge in [-0.25, -0.2) is 8.42 Å². The predicted molar refractivity (Wildman–Crippen MR) is 89.7 cm³/mol. The molecule has 0 amide bonds. The normalized spacial score (nSPS) is 11.3. The molecule has 0 aromatic heterocycles. The van der Waals surface area contributed by atoms with Crippen molar-refractivity contribution in [3.05, 3.63) is 52.5 Å². The van der Waals surface area contributed by atoms with Crippen LogP contribution in [-0.2, 0) is 10.0 Å². The molecule has 0 aliphatic carbocycles. The quantitative estimate of drug-likeness (QED) is 0.802. The first-order valence-corrected chi connectivity index (χ1v) is 8.72. The molecule has 0 aliphatic heterocycles. The largest absolute Gasteiger partial charge is 0.495 e. The fourth-order valence-corrected chi connectivity index (χ4v) is 4.32. The van der Waals surface area contributed by atoms with E-state index in [1.807, 2.05) is 0 Å². The van der Waals surface area contributed by atoms with Gasteiger partial charge in [0.05, 0.1) is 17.8 Å². The van der Waals surface area contributed by atoms with Gasteiger partial charge in [0, 0.05) is 11.6 Å². The first-order chi connectivity index (χ1) is 10.4. The van der Waals surface area contributed by atoms with Crippen molar-refractivity contribution in [1.82, 2.24) is 0 Å². The van der Waals surface area contributed by atoms with Crippen molar-refractivity contribution in [2.45, 2.75) is 11.8 Å². The maximum atomic E-state index is 12.9. The summed E-state index contributed by atoms with van der Waals surface area (Å²) in [4.78, 5) is -0.0329. The summed E-state index contributed by atoms with van der Waals surface area (Å²) >= 11 is 12.0. The number of methoxy groups -OCH3 is 1. The molecule has 2 rings (SSSR count). The molecule has 0 saturated heterocycles. The van der Waals surface area contributed by atoms with E-state index in [1.54, 1.807) is 37.3 Å². The Hall–Kier alpha value is -1.43. The van der Waals surface area contributed by atoms with Gasteiger partial charge < -0.3 is 4.74 Å². The Kier molecular flexibility index (Phi) is 5.21. The number of para-hydroxylation sites is 2. The summed E-state index contributed by atoms with van der Waals surface area (Å²) in [5.74, 6) is 0.464. The first-order valence-electron chi connectivity index (χ1n) is 6.52. The van der Waals surface area contributed by atoms with Gasteiger partial charge in [0.2, 0.25) is 0 Å². The summed E-state index contributed by atoms with van der Waals surface area (Å²) < 4.78 is 32.4. The molecule has 118 valence electrons. The van der Waals surface area contributed by atoms with E-state index in [-0.39, 0.29) is 16.5 Å². The van der Waals surface area contributed by atoms with Gasteiger partial charge in [-0.15, -0.1) is 0 Å². The van der Waals surface area contributed by atoms with Crippen molar-refractivity contribution in [2.24, 2.45) is 0 Å². The maximum Gasteiger partial charge on any atom is 0.265 e. The van der Waals surface area contributed by atoms with Crippen LogP contribution in [0.2, 0.25) is 10.0 Å². The second-order valence-corrected chi connectivity index (χ2v) is 7.09. The molecule has 0 aliphatic rings. The van der Waals surface area contributed by atoms with Crippen LogP contribution >= 0.6 is 23.2 Å². The van der Waals surface area contributed by atoms with E-state index in [0.29, 0.717) is 16.5 Å². The van der Waals surface area contributed by atoms with E-state index in [1.165, 1.54) is 23.5 Å². The van der Waals surface area contributed by atoms with Crippen LogP contribution in [0.1, 0.15) is 6.92 Å². The van der Waals surface area contributed by atoms with Crippen LogP contribution in [0.25, 0.3) is 0 Å². The van der Waals surface area contributed by atoms with Crippen molar-refractivity contribution < 1.29 is 13.2 Å². The number of nitrogens with zero attached hydrogens (tertiary/aromatic N) is 1. The van der Waals surface area contributed by atoms with Crippen molar-refractivity contribution in [2.75, 3.05) is 18.0 Å². The van der Waals surface area contributed by atoms with Gasteiger partial charge in [-0.05, 0) is 37.3 Å². The molecule has 2 aromatic rings. The van der Waals surface area contributed by atoms with E-state index < -0.39 is 10.0 Å². The highest BCUT2D eigenvalue weighted by atomic mass is 35.5. The van der Waals surface area contributed by atoms with Crippen molar-refractivity contribution in [1.29, 1.82) is 0 Å². The number of hydrogen-bond donors (Lipinski definition) is 0. The first kappa shape index (κ1) is 16.9. The highest BCUT2D eigenvalue weighted by Gasteiger charge is 2.28. The summed E-state index contributed by atoms with van der Waals surface area (Å²) in [5.41, 5.74) is 0.448. The molecule has 0 atom stereocenters. The zero-order valence-electron chi connectivity index (χ0n) is 12.1. The van der Waals surface area contributed by atoms with E-state index in [4.69, 9.17) is 27.9 Å². The van der Waals surface area contributed by atoms with Crippen LogP contribution < -0.4 is 9.04 Å². The minimum atomic E-state index is -3.85.